The van der Waals surface area contributed by atoms with E-state index in [4.69, 9.17) is 9.47 Å². The van der Waals surface area contributed by atoms with Gasteiger partial charge < -0.3 is 14.6 Å². The Morgan fingerprint density at radius 3 is 2.70 bits per heavy atom. The fourth-order valence-electron chi connectivity index (χ4n) is 2.07. The van der Waals surface area contributed by atoms with Crippen LogP contribution in [0.4, 0.5) is 0 Å². The molecular weight excluding hydrogens is 256 g/mol. The number of benzene rings is 1. The van der Waals surface area contributed by atoms with Crippen molar-refractivity contribution in [1.29, 1.82) is 0 Å². The molecule has 20 heavy (non-hydrogen) atoms. The van der Waals surface area contributed by atoms with Gasteiger partial charge >= 0.3 is 0 Å². The van der Waals surface area contributed by atoms with E-state index in [1.54, 1.807) is 12.1 Å². The van der Waals surface area contributed by atoms with E-state index in [-0.39, 0.29) is 17.6 Å². The summed E-state index contributed by atoms with van der Waals surface area (Å²) < 4.78 is 10.5. The lowest BCUT2D eigenvalue weighted by Crippen LogP contribution is -2.17. The van der Waals surface area contributed by atoms with Gasteiger partial charge in [-0.3, -0.25) is 4.79 Å². The molecule has 0 saturated heterocycles. The molecule has 1 aromatic carbocycles. The van der Waals surface area contributed by atoms with Crippen LogP contribution in [0.15, 0.2) is 18.2 Å². The molecule has 1 rings (SSSR count). The quantitative estimate of drug-likeness (QED) is 0.755. The lowest BCUT2D eigenvalue weighted by molar-refractivity contribution is -0.121. The van der Waals surface area contributed by atoms with Crippen LogP contribution in [0.25, 0.3) is 0 Å². The molecule has 1 aromatic rings. The van der Waals surface area contributed by atoms with Crippen molar-refractivity contribution in [3.63, 3.8) is 0 Å². The highest BCUT2D eigenvalue weighted by Crippen LogP contribution is 2.26. The molecule has 0 saturated carbocycles. The summed E-state index contributed by atoms with van der Waals surface area (Å²) >= 11 is 0. The van der Waals surface area contributed by atoms with Gasteiger partial charge in [0.2, 0.25) is 0 Å². The van der Waals surface area contributed by atoms with Crippen molar-refractivity contribution in [3.05, 3.63) is 23.8 Å². The van der Waals surface area contributed by atoms with Crippen molar-refractivity contribution >= 4 is 5.78 Å². The van der Waals surface area contributed by atoms with E-state index in [9.17, 15) is 9.90 Å². The number of hydrogen-bond acceptors (Lipinski definition) is 4. The first-order valence-corrected chi connectivity index (χ1v) is 7.09. The lowest BCUT2D eigenvalue weighted by Gasteiger charge is -2.14. The molecule has 0 amide bonds. The Bertz CT molecular complexity index is 428. The molecule has 1 unspecified atom stereocenters. The number of carbonyl (C=O) groups excluding carboxylic acids is 1. The zero-order valence-corrected chi connectivity index (χ0v) is 12.5. The molecule has 0 heterocycles. The summed E-state index contributed by atoms with van der Waals surface area (Å²) in [5.74, 6) is 0.762. The van der Waals surface area contributed by atoms with Crippen LogP contribution in [0.5, 0.6) is 11.5 Å². The van der Waals surface area contributed by atoms with Gasteiger partial charge in [0.25, 0.3) is 0 Å². The number of aryl methyl sites for hydroxylation is 1. The largest absolute Gasteiger partial charge is 0.504 e. The molecule has 1 N–H and O–H groups in total. The summed E-state index contributed by atoms with van der Waals surface area (Å²) in [5.41, 5.74) is 0.984. The number of carbonyl (C=O) groups is 1. The number of ketones is 1. The first-order chi connectivity index (χ1) is 9.60. The molecule has 0 bridgehead atoms. The van der Waals surface area contributed by atoms with Gasteiger partial charge in [-0.15, -0.1) is 0 Å². The van der Waals surface area contributed by atoms with Gasteiger partial charge in [0.05, 0.1) is 13.2 Å². The molecule has 0 fully saturated rings. The Labute approximate surface area is 120 Å². The smallest absolute Gasteiger partial charge is 0.160 e. The number of phenols is 1. The molecule has 0 aliphatic rings. The van der Waals surface area contributed by atoms with Gasteiger partial charge in [-0.05, 0) is 37.5 Å². The molecule has 4 nitrogen and oxygen atoms in total. The Hall–Kier alpha value is -1.55. The Morgan fingerprint density at radius 1 is 1.35 bits per heavy atom. The highest BCUT2D eigenvalue weighted by molar-refractivity contribution is 5.79. The average molecular weight is 280 g/mol. The van der Waals surface area contributed by atoms with Crippen LogP contribution in [0.3, 0.4) is 0 Å². The van der Waals surface area contributed by atoms with Gasteiger partial charge in [-0.2, -0.15) is 0 Å². The minimum atomic E-state index is 0.0295. The molecule has 0 radical (unpaired) electrons. The summed E-state index contributed by atoms with van der Waals surface area (Å²) in [4.78, 5) is 11.9. The predicted molar refractivity (Wildman–Crippen MR) is 78.3 cm³/mol. The monoisotopic (exact) mass is 280 g/mol. The molecule has 0 aliphatic heterocycles. The van der Waals surface area contributed by atoms with E-state index in [2.05, 4.69) is 0 Å². The van der Waals surface area contributed by atoms with Crippen LogP contribution in [0.2, 0.25) is 0 Å². The second kappa shape index (κ2) is 8.59. The van der Waals surface area contributed by atoms with E-state index in [0.29, 0.717) is 31.6 Å². The van der Waals surface area contributed by atoms with Gasteiger partial charge in [0.1, 0.15) is 5.78 Å². The van der Waals surface area contributed by atoms with E-state index in [1.807, 2.05) is 19.9 Å². The Balaban J connectivity index is 2.48. The number of methoxy groups -OCH3 is 1. The van der Waals surface area contributed by atoms with Crippen LogP contribution >= 0.6 is 0 Å². The van der Waals surface area contributed by atoms with Crippen LogP contribution < -0.4 is 4.74 Å². The van der Waals surface area contributed by atoms with Gasteiger partial charge in [0, 0.05) is 19.4 Å². The molecule has 1 atom stereocenters. The minimum absolute atomic E-state index is 0.0295. The predicted octanol–water partition coefficient (Wildman–Crippen LogP) is 3.11. The summed E-state index contributed by atoms with van der Waals surface area (Å²) in [6, 6.07) is 5.17. The zero-order valence-electron chi connectivity index (χ0n) is 12.5. The number of Topliss-reactive ketones (excluding diaryl/α,β-unsaturated/α-hetero) is 1. The zero-order chi connectivity index (χ0) is 15.0. The van der Waals surface area contributed by atoms with E-state index in [0.717, 1.165) is 12.0 Å². The van der Waals surface area contributed by atoms with Gasteiger partial charge in [-0.1, -0.05) is 13.0 Å². The Morgan fingerprint density at radius 2 is 2.10 bits per heavy atom. The number of rotatable bonds is 9. The van der Waals surface area contributed by atoms with Gasteiger partial charge in [0.15, 0.2) is 11.5 Å². The third kappa shape index (κ3) is 5.21. The third-order valence-corrected chi connectivity index (χ3v) is 3.25. The summed E-state index contributed by atoms with van der Waals surface area (Å²) in [6.45, 7) is 4.61. The summed E-state index contributed by atoms with van der Waals surface area (Å²) in [7, 11) is 1.51. The highest BCUT2D eigenvalue weighted by atomic mass is 16.5. The first-order valence-electron chi connectivity index (χ1n) is 7.09. The topological polar surface area (TPSA) is 55.8 Å². The summed E-state index contributed by atoms with van der Waals surface area (Å²) in [5, 5.41) is 9.51. The maximum Gasteiger partial charge on any atom is 0.160 e. The number of aromatic hydroxyl groups is 1. The van der Waals surface area contributed by atoms with Crippen LogP contribution in [0.1, 0.15) is 38.7 Å². The number of hydrogen-bond donors (Lipinski definition) is 1. The maximum absolute atomic E-state index is 11.9. The fraction of sp³-hybridized carbons (Fsp3) is 0.562. The number of ether oxygens (including phenoxy) is 2. The normalized spacial score (nSPS) is 12.2. The first kappa shape index (κ1) is 16.5. The standard InChI is InChI=1S/C16H24O4/c1-4-14(20-5-2)11-13(17)8-6-12-7-9-15(18)16(10-12)19-3/h7,9-10,14,18H,4-6,8,11H2,1-3H3. The van der Waals surface area contributed by atoms with Crippen molar-refractivity contribution in [2.75, 3.05) is 13.7 Å². The SMILES string of the molecule is CCOC(CC)CC(=O)CCc1ccc(O)c(OC)c1. The fourth-order valence-corrected chi connectivity index (χ4v) is 2.07. The summed E-state index contributed by atoms with van der Waals surface area (Å²) in [6.07, 6.45) is 2.49. The van der Waals surface area contributed by atoms with Crippen molar-refractivity contribution in [1.82, 2.24) is 0 Å². The van der Waals surface area contributed by atoms with Crippen LogP contribution in [-0.4, -0.2) is 30.7 Å². The van der Waals surface area contributed by atoms with Gasteiger partial charge in [-0.25, -0.2) is 0 Å². The van der Waals surface area contributed by atoms with Crippen LogP contribution in [0, 0.1) is 0 Å². The second-order valence-electron chi connectivity index (χ2n) is 4.73. The van der Waals surface area contributed by atoms with Crippen molar-refractivity contribution in [3.8, 4) is 11.5 Å². The lowest BCUT2D eigenvalue weighted by atomic mass is 10.0. The Kier molecular flexibility index (Phi) is 7.09. The highest BCUT2D eigenvalue weighted by Gasteiger charge is 2.12. The van der Waals surface area contributed by atoms with E-state index >= 15 is 0 Å². The third-order valence-electron chi connectivity index (χ3n) is 3.25. The maximum atomic E-state index is 11.9. The minimum Gasteiger partial charge on any atom is -0.504 e. The second-order valence-corrected chi connectivity index (χ2v) is 4.73. The molecule has 4 heteroatoms. The average Bonchev–Trinajstić information content (AvgIpc) is 2.45. The molecule has 112 valence electrons. The van der Waals surface area contributed by atoms with E-state index in [1.165, 1.54) is 7.11 Å². The molecule has 0 spiro atoms. The van der Waals surface area contributed by atoms with Crippen molar-refractivity contribution in [2.24, 2.45) is 0 Å². The van der Waals surface area contributed by atoms with Crippen molar-refractivity contribution in [2.45, 2.75) is 45.6 Å². The van der Waals surface area contributed by atoms with E-state index < -0.39 is 0 Å². The molecule has 0 aromatic heterocycles. The van der Waals surface area contributed by atoms with Crippen LogP contribution in [-0.2, 0) is 16.0 Å². The number of phenolic OH excluding ortho intramolecular Hbond substituents is 1. The molecule has 0 aliphatic carbocycles. The molecular formula is C16H24O4. The van der Waals surface area contributed by atoms with Crippen molar-refractivity contribution < 1.29 is 19.4 Å².